The van der Waals surface area contributed by atoms with Crippen molar-refractivity contribution in [2.45, 2.75) is 302 Å². The van der Waals surface area contributed by atoms with Gasteiger partial charge in [0.05, 0.1) is 39.9 Å². The Morgan fingerprint density at radius 1 is 0.507 bits per heavy atom. The molecular formula is C60H117N2O6P. The number of quaternary nitrogens is 1. The summed E-state index contributed by atoms with van der Waals surface area (Å²) in [7, 11) is 1.31. The van der Waals surface area contributed by atoms with Gasteiger partial charge in [-0.15, -0.1) is 0 Å². The first-order valence-corrected chi connectivity index (χ1v) is 31.3. The number of aliphatic hydroxyl groups is 1. The molecule has 69 heavy (non-hydrogen) atoms. The van der Waals surface area contributed by atoms with Gasteiger partial charge in [0.2, 0.25) is 5.91 Å². The minimum atomic E-state index is -4.58. The molecule has 2 N–H and O–H groups in total. The summed E-state index contributed by atoms with van der Waals surface area (Å²) in [5.41, 5.74) is 0. The number of allylic oxidation sites excluding steroid dienone is 6. The Morgan fingerprint density at radius 2 is 0.841 bits per heavy atom. The number of hydrogen-bond acceptors (Lipinski definition) is 6. The van der Waals surface area contributed by atoms with Crippen molar-refractivity contribution in [1.82, 2.24) is 5.32 Å². The molecule has 0 spiro atoms. The van der Waals surface area contributed by atoms with Crippen LogP contribution < -0.4 is 10.2 Å². The van der Waals surface area contributed by atoms with Crippen LogP contribution in [0.15, 0.2) is 36.5 Å². The van der Waals surface area contributed by atoms with Gasteiger partial charge in [0.15, 0.2) is 0 Å². The van der Waals surface area contributed by atoms with Crippen LogP contribution in [0.1, 0.15) is 290 Å². The zero-order valence-electron chi connectivity index (χ0n) is 46.5. The van der Waals surface area contributed by atoms with Crippen molar-refractivity contribution in [1.29, 1.82) is 0 Å². The van der Waals surface area contributed by atoms with Crippen molar-refractivity contribution in [2.24, 2.45) is 0 Å². The molecule has 0 saturated heterocycles. The van der Waals surface area contributed by atoms with Crippen LogP contribution in [0.2, 0.25) is 0 Å². The summed E-state index contributed by atoms with van der Waals surface area (Å²) in [5.74, 6) is -0.169. The van der Waals surface area contributed by atoms with Gasteiger partial charge in [0.1, 0.15) is 13.2 Å². The molecule has 0 aliphatic rings. The predicted octanol–water partition coefficient (Wildman–Crippen LogP) is 17.5. The molecule has 0 heterocycles. The van der Waals surface area contributed by atoms with Crippen molar-refractivity contribution in [3.05, 3.63) is 36.5 Å². The first-order chi connectivity index (χ1) is 33.5. The van der Waals surface area contributed by atoms with Gasteiger partial charge in [-0.1, -0.05) is 269 Å². The van der Waals surface area contributed by atoms with E-state index in [4.69, 9.17) is 9.05 Å². The van der Waals surface area contributed by atoms with E-state index in [1.165, 1.54) is 205 Å². The van der Waals surface area contributed by atoms with Crippen LogP contribution in [0, 0.1) is 0 Å². The molecule has 408 valence electrons. The summed E-state index contributed by atoms with van der Waals surface area (Å²) >= 11 is 0. The van der Waals surface area contributed by atoms with Crippen LogP contribution in [0.25, 0.3) is 0 Å². The van der Waals surface area contributed by atoms with Crippen LogP contribution in [0.5, 0.6) is 0 Å². The molecule has 0 aromatic carbocycles. The van der Waals surface area contributed by atoms with Crippen LogP contribution >= 0.6 is 7.82 Å². The lowest BCUT2D eigenvalue weighted by Crippen LogP contribution is -2.46. The fourth-order valence-electron chi connectivity index (χ4n) is 8.93. The number of likely N-dealkylation sites (N-methyl/N-ethyl adjacent to an activating group) is 1. The van der Waals surface area contributed by atoms with Gasteiger partial charge in [0.25, 0.3) is 7.82 Å². The molecule has 0 aromatic heterocycles. The number of phosphoric acid groups is 1. The number of carbonyl (C=O) groups is 1. The average Bonchev–Trinajstić information content (AvgIpc) is 3.31. The highest BCUT2D eigenvalue weighted by molar-refractivity contribution is 7.45. The van der Waals surface area contributed by atoms with E-state index in [0.717, 1.165) is 57.8 Å². The third-order valence-electron chi connectivity index (χ3n) is 13.6. The largest absolute Gasteiger partial charge is 0.756 e. The third kappa shape index (κ3) is 54.3. The van der Waals surface area contributed by atoms with Gasteiger partial charge in [-0.2, -0.15) is 0 Å². The number of phosphoric ester groups is 1. The van der Waals surface area contributed by atoms with Gasteiger partial charge in [-0.05, 0) is 51.4 Å². The zero-order chi connectivity index (χ0) is 50.6. The first-order valence-electron chi connectivity index (χ1n) is 29.8. The smallest absolute Gasteiger partial charge is 0.268 e. The van der Waals surface area contributed by atoms with E-state index in [0.29, 0.717) is 23.9 Å². The van der Waals surface area contributed by atoms with Crippen molar-refractivity contribution in [3.63, 3.8) is 0 Å². The molecule has 0 aliphatic carbocycles. The SMILES string of the molecule is CCCCCCC/C=C\C/C=C\C/C=C\CCCCCCCCCCC(=O)NC(COP(=O)([O-])OCC[N+](C)(C)C)C(O)CCCCCCCCCCCCCCCCCCCCCCCCCC. The molecular weight excluding hydrogens is 876 g/mol. The maximum Gasteiger partial charge on any atom is 0.268 e. The summed E-state index contributed by atoms with van der Waals surface area (Å²) in [6, 6.07) is -0.806. The summed E-state index contributed by atoms with van der Waals surface area (Å²) < 4.78 is 23.4. The average molecular weight is 994 g/mol. The zero-order valence-corrected chi connectivity index (χ0v) is 47.4. The molecule has 0 radical (unpaired) electrons. The van der Waals surface area contributed by atoms with E-state index >= 15 is 0 Å². The summed E-state index contributed by atoms with van der Waals surface area (Å²) in [5, 5.41) is 14.0. The second-order valence-corrected chi connectivity index (χ2v) is 23.1. The molecule has 0 aliphatic heterocycles. The molecule has 0 bridgehead atoms. The second kappa shape index (κ2) is 51.6. The van der Waals surface area contributed by atoms with Crippen LogP contribution in [0.4, 0.5) is 0 Å². The molecule has 0 rings (SSSR count). The Balaban J connectivity index is 4.17. The van der Waals surface area contributed by atoms with E-state index in [9.17, 15) is 19.4 Å². The quantitative estimate of drug-likeness (QED) is 0.0272. The number of rotatable bonds is 55. The number of carbonyl (C=O) groups excluding carboxylic acids is 1. The highest BCUT2D eigenvalue weighted by Gasteiger charge is 2.24. The van der Waals surface area contributed by atoms with E-state index < -0.39 is 20.0 Å². The fourth-order valence-corrected chi connectivity index (χ4v) is 9.66. The summed E-state index contributed by atoms with van der Waals surface area (Å²) in [6.45, 7) is 4.74. The predicted molar refractivity (Wildman–Crippen MR) is 298 cm³/mol. The van der Waals surface area contributed by atoms with E-state index in [1.807, 2.05) is 21.1 Å². The van der Waals surface area contributed by atoms with Crippen LogP contribution in [-0.2, 0) is 18.4 Å². The second-order valence-electron chi connectivity index (χ2n) is 21.7. The number of amides is 1. The Bertz CT molecular complexity index is 1220. The lowest BCUT2D eigenvalue weighted by molar-refractivity contribution is -0.870. The lowest BCUT2D eigenvalue weighted by atomic mass is 10.0. The molecule has 0 saturated carbocycles. The van der Waals surface area contributed by atoms with E-state index in [1.54, 1.807) is 0 Å². The number of nitrogens with zero attached hydrogens (tertiary/aromatic N) is 1. The number of aliphatic hydroxyl groups excluding tert-OH is 1. The summed E-state index contributed by atoms with van der Waals surface area (Å²) in [4.78, 5) is 25.6. The fraction of sp³-hybridized carbons (Fsp3) is 0.883. The monoisotopic (exact) mass is 993 g/mol. The minimum absolute atomic E-state index is 0.0106. The minimum Gasteiger partial charge on any atom is -0.756 e. The molecule has 9 heteroatoms. The van der Waals surface area contributed by atoms with Gasteiger partial charge in [-0.3, -0.25) is 9.36 Å². The number of nitrogens with one attached hydrogen (secondary N) is 1. The highest BCUT2D eigenvalue weighted by atomic mass is 31.2. The molecule has 8 nitrogen and oxygen atoms in total. The Hall–Kier alpha value is -1.28. The van der Waals surface area contributed by atoms with Gasteiger partial charge in [-0.25, -0.2) is 0 Å². The van der Waals surface area contributed by atoms with Gasteiger partial charge in [0, 0.05) is 6.42 Å². The number of unbranched alkanes of at least 4 members (excludes halogenated alkanes) is 36. The molecule has 3 unspecified atom stereocenters. The standard InChI is InChI=1S/C60H117N2O6P/c1-6-8-10-12-14-16-18-20-22-24-26-28-30-32-33-35-37-39-41-43-45-47-49-51-53-59(63)58(57-68-69(65,66)67-56-55-62(3,4)5)61-60(64)54-52-50-48-46-44-42-40-38-36-34-31-29-27-25-23-21-19-17-15-13-11-9-7-2/h19,21,25,27,31,34,58-59,63H,6-18,20,22-24,26,28-30,32-33,35-57H2,1-5H3,(H-,61,64,65,66)/b21-19-,27-25-,34-31-. The first kappa shape index (κ1) is 67.7. The topological polar surface area (TPSA) is 108 Å². The maximum absolute atomic E-state index is 13.0. The normalized spacial score (nSPS) is 14.1. The van der Waals surface area contributed by atoms with Crippen LogP contribution in [0.3, 0.4) is 0 Å². The van der Waals surface area contributed by atoms with Gasteiger partial charge < -0.3 is 28.8 Å². The van der Waals surface area contributed by atoms with Gasteiger partial charge >= 0.3 is 0 Å². The van der Waals surface area contributed by atoms with E-state index in [2.05, 4.69) is 55.6 Å². The van der Waals surface area contributed by atoms with Crippen molar-refractivity contribution >= 4 is 13.7 Å². The molecule has 1 amide bonds. The molecule has 3 atom stereocenters. The summed E-state index contributed by atoms with van der Waals surface area (Å²) in [6.07, 6.45) is 66.0. The van der Waals surface area contributed by atoms with Crippen molar-refractivity contribution < 1.29 is 32.9 Å². The number of hydrogen-bond donors (Lipinski definition) is 2. The van der Waals surface area contributed by atoms with Crippen LogP contribution in [-0.4, -0.2) is 68.5 Å². The lowest BCUT2D eigenvalue weighted by Gasteiger charge is -2.30. The third-order valence-corrected chi connectivity index (χ3v) is 14.6. The Kier molecular flexibility index (Phi) is 50.7. The molecule has 0 aromatic rings. The Morgan fingerprint density at radius 3 is 1.22 bits per heavy atom. The Labute approximate surface area is 429 Å². The van der Waals surface area contributed by atoms with Crippen molar-refractivity contribution in [2.75, 3.05) is 40.9 Å². The maximum atomic E-state index is 13.0. The van der Waals surface area contributed by atoms with E-state index in [-0.39, 0.29) is 19.1 Å². The van der Waals surface area contributed by atoms with Crippen molar-refractivity contribution in [3.8, 4) is 0 Å². The highest BCUT2D eigenvalue weighted by Crippen LogP contribution is 2.38. The molecule has 0 fully saturated rings.